The molecule has 1 amide bonds. The second-order valence-electron chi connectivity index (χ2n) is 8.57. The van der Waals surface area contributed by atoms with E-state index in [0.717, 1.165) is 11.0 Å². The van der Waals surface area contributed by atoms with Gasteiger partial charge >= 0.3 is 13.2 Å². The van der Waals surface area contributed by atoms with Crippen LogP contribution in [0.2, 0.25) is 0 Å². The largest absolute Gasteiger partial charge is 0.494 e. The summed E-state index contributed by atoms with van der Waals surface area (Å²) in [6.45, 7) is 13.5. The molecular weight excluding hydrogens is 333 g/mol. The van der Waals surface area contributed by atoms with Crippen molar-refractivity contribution in [1.82, 2.24) is 9.61 Å². The molecule has 0 aromatic carbocycles. The molecule has 2 aromatic heterocycles. The molecule has 0 spiro atoms. The third-order valence-corrected chi connectivity index (χ3v) is 4.64. The summed E-state index contributed by atoms with van der Waals surface area (Å²) in [6, 6.07) is 5.62. The molecule has 0 bridgehead atoms. The highest BCUT2D eigenvalue weighted by Crippen LogP contribution is 2.36. The summed E-state index contributed by atoms with van der Waals surface area (Å²) in [7, 11) is -0.442. The van der Waals surface area contributed by atoms with E-state index in [2.05, 4.69) is 10.4 Å². The van der Waals surface area contributed by atoms with E-state index in [1.165, 1.54) is 0 Å². The molecule has 2 aromatic rings. The summed E-state index contributed by atoms with van der Waals surface area (Å²) in [5, 5.41) is 6.98. The summed E-state index contributed by atoms with van der Waals surface area (Å²) in [4.78, 5) is 11.9. The molecule has 1 aliphatic heterocycles. The predicted molar refractivity (Wildman–Crippen MR) is 101 cm³/mol. The van der Waals surface area contributed by atoms with Gasteiger partial charge in [-0.1, -0.05) is 0 Å². The van der Waals surface area contributed by atoms with E-state index in [0.29, 0.717) is 5.82 Å². The lowest BCUT2D eigenvalue weighted by Gasteiger charge is -2.32. The average molecular weight is 359 g/mol. The van der Waals surface area contributed by atoms with Crippen LogP contribution in [0.15, 0.2) is 24.4 Å². The summed E-state index contributed by atoms with van der Waals surface area (Å²) in [5.41, 5.74) is 0.372. The minimum atomic E-state index is -0.562. The fraction of sp³-hybridized carbons (Fsp3) is 0.556. The topological polar surface area (TPSA) is 74.1 Å². The van der Waals surface area contributed by atoms with Gasteiger partial charge in [0, 0.05) is 12.3 Å². The van der Waals surface area contributed by atoms with Gasteiger partial charge < -0.3 is 14.0 Å². The first-order chi connectivity index (χ1) is 11.9. The van der Waals surface area contributed by atoms with Crippen molar-refractivity contribution in [2.24, 2.45) is 0 Å². The van der Waals surface area contributed by atoms with Crippen molar-refractivity contribution in [3.8, 4) is 0 Å². The van der Waals surface area contributed by atoms with Gasteiger partial charge in [-0.15, -0.1) is 5.10 Å². The Morgan fingerprint density at radius 1 is 1.19 bits per heavy atom. The van der Waals surface area contributed by atoms with E-state index < -0.39 is 30.0 Å². The highest BCUT2D eigenvalue weighted by atomic mass is 16.7. The number of fused-ring (bicyclic) bond motifs is 1. The van der Waals surface area contributed by atoms with Gasteiger partial charge in [0.1, 0.15) is 5.60 Å². The first kappa shape index (κ1) is 18.7. The minimum Gasteiger partial charge on any atom is -0.444 e. The molecule has 0 atom stereocenters. The van der Waals surface area contributed by atoms with Crippen molar-refractivity contribution in [2.45, 2.75) is 65.3 Å². The van der Waals surface area contributed by atoms with Gasteiger partial charge in [-0.2, -0.15) is 0 Å². The number of aromatic nitrogens is 2. The Bertz CT molecular complexity index is 823. The van der Waals surface area contributed by atoms with E-state index in [1.807, 2.05) is 66.8 Å². The van der Waals surface area contributed by atoms with Crippen molar-refractivity contribution in [3.63, 3.8) is 0 Å². The fourth-order valence-corrected chi connectivity index (χ4v) is 2.61. The minimum absolute atomic E-state index is 0.395. The Morgan fingerprint density at radius 3 is 2.38 bits per heavy atom. The maximum Gasteiger partial charge on any atom is 0.494 e. The second-order valence-corrected chi connectivity index (χ2v) is 8.57. The number of amides is 1. The van der Waals surface area contributed by atoms with Gasteiger partial charge in [0.25, 0.3) is 0 Å². The molecule has 1 aliphatic rings. The SMILES string of the molecule is CC(C)(C)OC(=O)Nc1cc2cc(B3OC(C)(C)C(C)(C)O3)ccn2n1. The quantitative estimate of drug-likeness (QED) is 0.835. The first-order valence-corrected chi connectivity index (χ1v) is 8.71. The summed E-state index contributed by atoms with van der Waals surface area (Å²) < 4.78 is 19.1. The van der Waals surface area contributed by atoms with Gasteiger partial charge in [-0.25, -0.2) is 9.31 Å². The average Bonchev–Trinajstić information content (AvgIpc) is 2.93. The van der Waals surface area contributed by atoms with Gasteiger partial charge in [0.05, 0.1) is 16.7 Å². The summed E-state index contributed by atoms with van der Waals surface area (Å²) >= 11 is 0. The van der Waals surface area contributed by atoms with E-state index in [-0.39, 0.29) is 0 Å². The van der Waals surface area contributed by atoms with Gasteiger partial charge in [-0.3, -0.25) is 5.32 Å². The smallest absolute Gasteiger partial charge is 0.444 e. The van der Waals surface area contributed by atoms with Crippen LogP contribution in [0.3, 0.4) is 0 Å². The van der Waals surface area contributed by atoms with E-state index >= 15 is 0 Å². The number of hydrogen-bond acceptors (Lipinski definition) is 5. The maximum atomic E-state index is 11.9. The second kappa shape index (κ2) is 5.99. The molecule has 1 fully saturated rings. The predicted octanol–water partition coefficient (Wildman–Crippen LogP) is 2.98. The molecule has 8 heteroatoms. The molecule has 1 N–H and O–H groups in total. The fourth-order valence-electron chi connectivity index (χ4n) is 2.61. The van der Waals surface area contributed by atoms with Crippen LogP contribution in [-0.4, -0.2) is 39.6 Å². The Balaban J connectivity index is 1.79. The van der Waals surface area contributed by atoms with Crippen molar-refractivity contribution < 1.29 is 18.8 Å². The molecule has 1 saturated heterocycles. The van der Waals surface area contributed by atoms with Crippen LogP contribution in [0.25, 0.3) is 5.52 Å². The van der Waals surface area contributed by atoms with Crippen molar-refractivity contribution in [3.05, 3.63) is 24.4 Å². The normalized spacial score (nSPS) is 19.0. The molecule has 140 valence electrons. The third kappa shape index (κ3) is 3.71. The molecule has 26 heavy (non-hydrogen) atoms. The first-order valence-electron chi connectivity index (χ1n) is 8.71. The van der Waals surface area contributed by atoms with Crippen LogP contribution in [0, 0.1) is 0 Å². The van der Waals surface area contributed by atoms with Gasteiger partial charge in [0.2, 0.25) is 0 Å². The van der Waals surface area contributed by atoms with Crippen molar-refractivity contribution >= 4 is 30.0 Å². The maximum absolute atomic E-state index is 11.9. The van der Waals surface area contributed by atoms with Crippen molar-refractivity contribution in [2.75, 3.05) is 5.32 Å². The molecule has 0 radical (unpaired) electrons. The van der Waals surface area contributed by atoms with Gasteiger partial charge in [0.15, 0.2) is 5.82 Å². The molecule has 0 saturated carbocycles. The zero-order valence-electron chi connectivity index (χ0n) is 16.4. The number of rotatable bonds is 2. The zero-order valence-corrected chi connectivity index (χ0v) is 16.4. The molecule has 0 aliphatic carbocycles. The number of ether oxygens (including phenoxy) is 1. The Labute approximate surface area is 154 Å². The lowest BCUT2D eigenvalue weighted by Crippen LogP contribution is -2.41. The van der Waals surface area contributed by atoms with Crippen LogP contribution in [-0.2, 0) is 14.0 Å². The number of anilines is 1. The van der Waals surface area contributed by atoms with E-state index in [1.54, 1.807) is 10.6 Å². The van der Waals surface area contributed by atoms with E-state index in [9.17, 15) is 4.79 Å². The highest BCUT2D eigenvalue weighted by molar-refractivity contribution is 6.62. The van der Waals surface area contributed by atoms with Gasteiger partial charge in [-0.05, 0) is 66.1 Å². The third-order valence-electron chi connectivity index (χ3n) is 4.64. The number of nitrogens with zero attached hydrogens (tertiary/aromatic N) is 2. The number of hydrogen-bond donors (Lipinski definition) is 1. The van der Waals surface area contributed by atoms with Crippen molar-refractivity contribution in [1.29, 1.82) is 0 Å². The standard InChI is InChI=1S/C18H26BN3O4/c1-16(2,3)24-15(23)20-14-11-13-10-12(8-9-22(13)21-14)19-25-17(4,5)18(6,7)26-19/h8-11H,1-7H3,(H,20,21,23). The number of pyridine rings is 1. The summed E-state index contributed by atoms with van der Waals surface area (Å²) in [5.74, 6) is 0.422. The van der Waals surface area contributed by atoms with E-state index in [4.69, 9.17) is 14.0 Å². The molecular formula is C18H26BN3O4. The van der Waals surface area contributed by atoms with Crippen LogP contribution in [0.1, 0.15) is 48.5 Å². The number of carbonyl (C=O) groups excluding carboxylic acids is 1. The monoisotopic (exact) mass is 359 g/mol. The summed E-state index contributed by atoms with van der Waals surface area (Å²) in [6.07, 6.45) is 1.28. The van der Waals surface area contributed by atoms with Crippen LogP contribution < -0.4 is 10.8 Å². The Kier molecular flexibility index (Phi) is 4.32. The lowest BCUT2D eigenvalue weighted by atomic mass is 9.79. The molecule has 7 nitrogen and oxygen atoms in total. The molecule has 3 heterocycles. The molecule has 3 rings (SSSR count). The lowest BCUT2D eigenvalue weighted by molar-refractivity contribution is 0.00578. The molecule has 0 unspecified atom stereocenters. The van der Waals surface area contributed by atoms with Crippen LogP contribution in [0.4, 0.5) is 10.6 Å². The number of nitrogens with one attached hydrogen (secondary N) is 1. The van der Waals surface area contributed by atoms with Crippen LogP contribution in [0.5, 0.6) is 0 Å². The zero-order chi connectivity index (χ0) is 19.3. The Morgan fingerprint density at radius 2 is 1.81 bits per heavy atom. The highest BCUT2D eigenvalue weighted by Gasteiger charge is 2.51. The Hall–Kier alpha value is -2.06. The van der Waals surface area contributed by atoms with Crippen LogP contribution >= 0.6 is 0 Å². The number of carbonyl (C=O) groups is 1.